The molecule has 0 aromatic carbocycles. The second kappa shape index (κ2) is 8.44. The number of anilines is 2. The summed E-state index contributed by atoms with van der Waals surface area (Å²) < 4.78 is 0. The van der Waals surface area contributed by atoms with Crippen molar-refractivity contribution in [2.24, 2.45) is 0 Å². The molecule has 0 aliphatic carbocycles. The molecule has 2 fully saturated rings. The number of hydrogen-bond donors (Lipinski definition) is 2. The highest BCUT2D eigenvalue weighted by Gasteiger charge is 2.22. The summed E-state index contributed by atoms with van der Waals surface area (Å²) in [6.45, 7) is 5.09. The Labute approximate surface area is 148 Å². The van der Waals surface area contributed by atoms with Crippen molar-refractivity contribution in [3.05, 3.63) is 12.4 Å². The quantitative estimate of drug-likeness (QED) is 0.749. The first-order valence-corrected chi connectivity index (χ1v) is 9.07. The Balaban J connectivity index is 1.50. The minimum atomic E-state index is -0.429. The standard InChI is InChI=1S/C17H28N6O2/c1-21-7-8-23(12-17(21)25)16-9-15(19-13-20-16)18-10-14(24)11-22-5-3-2-4-6-22/h9,13-14,24H,2-8,10-12H2,1H3,(H,18,19,20). The zero-order valence-electron chi connectivity index (χ0n) is 14.9. The molecule has 8 nitrogen and oxygen atoms in total. The molecule has 3 heterocycles. The van der Waals surface area contributed by atoms with Crippen LogP contribution in [0.3, 0.4) is 0 Å². The first-order chi connectivity index (χ1) is 12.1. The largest absolute Gasteiger partial charge is 0.390 e. The topological polar surface area (TPSA) is 84.8 Å². The van der Waals surface area contributed by atoms with E-state index in [1.165, 1.54) is 25.6 Å². The summed E-state index contributed by atoms with van der Waals surface area (Å²) in [7, 11) is 1.82. The fourth-order valence-corrected chi connectivity index (χ4v) is 3.30. The maximum absolute atomic E-state index is 11.9. The number of amides is 1. The molecule has 2 saturated heterocycles. The van der Waals surface area contributed by atoms with Crippen molar-refractivity contribution in [3.8, 4) is 0 Å². The fourth-order valence-electron chi connectivity index (χ4n) is 3.30. The molecule has 0 bridgehead atoms. The van der Waals surface area contributed by atoms with Gasteiger partial charge < -0.3 is 25.1 Å². The molecule has 3 rings (SSSR count). The van der Waals surface area contributed by atoms with Gasteiger partial charge in [0.25, 0.3) is 0 Å². The van der Waals surface area contributed by atoms with Crippen LogP contribution >= 0.6 is 0 Å². The lowest BCUT2D eigenvalue weighted by Gasteiger charge is -2.32. The zero-order valence-corrected chi connectivity index (χ0v) is 14.9. The first-order valence-electron chi connectivity index (χ1n) is 9.07. The summed E-state index contributed by atoms with van der Waals surface area (Å²) in [4.78, 5) is 26.4. The van der Waals surface area contributed by atoms with E-state index in [2.05, 4.69) is 20.2 Å². The van der Waals surface area contributed by atoms with E-state index in [4.69, 9.17) is 0 Å². The van der Waals surface area contributed by atoms with E-state index in [1.807, 2.05) is 18.0 Å². The minimum Gasteiger partial charge on any atom is -0.390 e. The number of aromatic nitrogens is 2. The van der Waals surface area contributed by atoms with Gasteiger partial charge in [-0.1, -0.05) is 6.42 Å². The van der Waals surface area contributed by atoms with E-state index in [9.17, 15) is 9.90 Å². The van der Waals surface area contributed by atoms with Gasteiger partial charge in [0.2, 0.25) is 5.91 Å². The number of carbonyl (C=O) groups excluding carboxylic acids is 1. The number of nitrogens with one attached hydrogen (secondary N) is 1. The number of hydrogen-bond acceptors (Lipinski definition) is 7. The van der Waals surface area contributed by atoms with Crippen LogP contribution in [0.5, 0.6) is 0 Å². The van der Waals surface area contributed by atoms with E-state index in [0.29, 0.717) is 32.0 Å². The fraction of sp³-hybridized carbons (Fsp3) is 0.706. The van der Waals surface area contributed by atoms with Crippen molar-refractivity contribution in [1.29, 1.82) is 0 Å². The Morgan fingerprint density at radius 1 is 1.20 bits per heavy atom. The van der Waals surface area contributed by atoms with Crippen LogP contribution in [-0.4, -0.2) is 89.7 Å². The third kappa shape index (κ3) is 5.02. The van der Waals surface area contributed by atoms with Gasteiger partial charge in [-0.05, 0) is 25.9 Å². The van der Waals surface area contributed by atoms with Crippen molar-refractivity contribution in [2.75, 3.05) is 63.1 Å². The third-order valence-electron chi connectivity index (χ3n) is 4.87. The Bertz CT molecular complexity index is 578. The predicted molar refractivity (Wildman–Crippen MR) is 96.7 cm³/mol. The van der Waals surface area contributed by atoms with Gasteiger partial charge in [-0.25, -0.2) is 9.97 Å². The summed E-state index contributed by atoms with van der Waals surface area (Å²) >= 11 is 0. The summed E-state index contributed by atoms with van der Waals surface area (Å²) in [6, 6.07) is 1.84. The molecule has 2 aliphatic heterocycles. The maximum atomic E-state index is 11.9. The number of aliphatic hydroxyl groups is 1. The van der Waals surface area contributed by atoms with Crippen LogP contribution in [0, 0.1) is 0 Å². The molecule has 0 radical (unpaired) electrons. The van der Waals surface area contributed by atoms with Crippen molar-refractivity contribution >= 4 is 17.5 Å². The van der Waals surface area contributed by atoms with Crippen LogP contribution < -0.4 is 10.2 Å². The Morgan fingerprint density at radius 3 is 2.76 bits per heavy atom. The molecule has 0 spiro atoms. The molecule has 1 aromatic rings. The minimum absolute atomic E-state index is 0.0938. The van der Waals surface area contributed by atoms with Gasteiger partial charge in [0.15, 0.2) is 0 Å². The van der Waals surface area contributed by atoms with Gasteiger partial charge in [-0.3, -0.25) is 4.79 Å². The van der Waals surface area contributed by atoms with E-state index < -0.39 is 6.10 Å². The van der Waals surface area contributed by atoms with Crippen LogP contribution in [0.4, 0.5) is 11.6 Å². The molecule has 0 saturated carbocycles. The van der Waals surface area contributed by atoms with Crippen molar-refractivity contribution in [1.82, 2.24) is 19.8 Å². The van der Waals surface area contributed by atoms with Crippen LogP contribution in [0.15, 0.2) is 12.4 Å². The number of aliphatic hydroxyl groups excluding tert-OH is 1. The lowest BCUT2D eigenvalue weighted by atomic mass is 10.1. The number of nitrogens with zero attached hydrogens (tertiary/aromatic N) is 5. The van der Waals surface area contributed by atoms with Gasteiger partial charge in [-0.15, -0.1) is 0 Å². The Kier molecular flexibility index (Phi) is 6.04. The van der Waals surface area contributed by atoms with Gasteiger partial charge in [0.05, 0.1) is 12.6 Å². The molecule has 1 amide bonds. The molecule has 138 valence electrons. The number of carbonyl (C=O) groups is 1. The number of likely N-dealkylation sites (tertiary alicyclic amines) is 1. The molecule has 25 heavy (non-hydrogen) atoms. The van der Waals surface area contributed by atoms with Crippen LogP contribution in [0.2, 0.25) is 0 Å². The summed E-state index contributed by atoms with van der Waals surface area (Å²) in [5.74, 6) is 1.51. The monoisotopic (exact) mass is 348 g/mol. The van der Waals surface area contributed by atoms with Crippen molar-refractivity contribution in [3.63, 3.8) is 0 Å². The normalized spacial score (nSPS) is 20.6. The van der Waals surface area contributed by atoms with Crippen LogP contribution in [0.25, 0.3) is 0 Å². The lowest BCUT2D eigenvalue weighted by molar-refractivity contribution is -0.129. The second-order valence-corrected chi connectivity index (χ2v) is 6.89. The summed E-state index contributed by atoms with van der Waals surface area (Å²) in [6.07, 6.45) is 4.81. The molecule has 8 heteroatoms. The van der Waals surface area contributed by atoms with E-state index >= 15 is 0 Å². The summed E-state index contributed by atoms with van der Waals surface area (Å²) in [5, 5.41) is 13.4. The molecular formula is C17H28N6O2. The van der Waals surface area contributed by atoms with Crippen molar-refractivity contribution in [2.45, 2.75) is 25.4 Å². The molecular weight excluding hydrogens is 320 g/mol. The van der Waals surface area contributed by atoms with E-state index in [0.717, 1.165) is 25.5 Å². The highest BCUT2D eigenvalue weighted by Crippen LogP contribution is 2.16. The van der Waals surface area contributed by atoms with Gasteiger partial charge in [-0.2, -0.15) is 0 Å². The van der Waals surface area contributed by atoms with E-state index in [-0.39, 0.29) is 5.91 Å². The highest BCUT2D eigenvalue weighted by atomic mass is 16.3. The average molecular weight is 348 g/mol. The smallest absolute Gasteiger partial charge is 0.241 e. The first kappa shape index (κ1) is 17.9. The molecule has 1 aromatic heterocycles. The van der Waals surface area contributed by atoms with Crippen molar-refractivity contribution < 1.29 is 9.90 Å². The molecule has 2 N–H and O–H groups in total. The number of β-amino-alcohol motifs (C(OH)–C–C–N with tert-alkyl or cyclic N) is 1. The number of rotatable bonds is 6. The highest BCUT2D eigenvalue weighted by molar-refractivity contribution is 5.82. The number of likely N-dealkylation sites (N-methyl/N-ethyl adjacent to an activating group) is 1. The van der Waals surface area contributed by atoms with Crippen LogP contribution in [-0.2, 0) is 4.79 Å². The average Bonchev–Trinajstić information content (AvgIpc) is 2.63. The lowest BCUT2D eigenvalue weighted by Crippen LogP contribution is -2.48. The zero-order chi connectivity index (χ0) is 17.6. The number of piperidine rings is 1. The van der Waals surface area contributed by atoms with Crippen LogP contribution in [0.1, 0.15) is 19.3 Å². The summed E-state index contributed by atoms with van der Waals surface area (Å²) in [5.41, 5.74) is 0. The Morgan fingerprint density at radius 2 is 2.00 bits per heavy atom. The molecule has 1 atom stereocenters. The third-order valence-corrected chi connectivity index (χ3v) is 4.87. The van der Waals surface area contributed by atoms with Gasteiger partial charge >= 0.3 is 0 Å². The second-order valence-electron chi connectivity index (χ2n) is 6.89. The molecule has 1 unspecified atom stereocenters. The maximum Gasteiger partial charge on any atom is 0.241 e. The number of piperazine rings is 1. The molecule has 2 aliphatic rings. The van der Waals surface area contributed by atoms with Gasteiger partial charge in [0.1, 0.15) is 18.0 Å². The van der Waals surface area contributed by atoms with E-state index in [1.54, 1.807) is 4.90 Å². The Hall–Kier alpha value is -1.93. The van der Waals surface area contributed by atoms with Gasteiger partial charge in [0, 0.05) is 39.3 Å². The SMILES string of the molecule is CN1CCN(c2cc(NCC(O)CN3CCCCC3)ncn2)CC1=O. The predicted octanol–water partition coefficient (Wildman–Crippen LogP) is 0.0137.